The summed E-state index contributed by atoms with van der Waals surface area (Å²) in [4.78, 5) is 24.4. The van der Waals surface area contributed by atoms with Gasteiger partial charge in [0.2, 0.25) is 6.29 Å². The van der Waals surface area contributed by atoms with Gasteiger partial charge in [-0.25, -0.2) is 9.59 Å². The molecule has 1 aliphatic carbocycles. The number of ether oxygens (including phenoxy) is 5. The van der Waals surface area contributed by atoms with E-state index >= 15 is 0 Å². The van der Waals surface area contributed by atoms with Crippen molar-refractivity contribution in [2.45, 2.75) is 62.4 Å². The normalized spacial score (nSPS) is 36.1. The molecule has 0 aromatic heterocycles. The number of fused-ring (bicyclic) bond motifs is 1. The summed E-state index contributed by atoms with van der Waals surface area (Å²) in [6, 6.07) is 3.93. The smallest absolute Gasteiger partial charge is 0.337 e. The van der Waals surface area contributed by atoms with Gasteiger partial charge in [-0.15, -0.1) is 0 Å². The summed E-state index contributed by atoms with van der Waals surface area (Å²) in [7, 11) is 1.23. The van der Waals surface area contributed by atoms with Gasteiger partial charge in [-0.2, -0.15) is 0 Å². The zero-order valence-electron chi connectivity index (χ0n) is 21.2. The molecule has 214 valence electrons. The third kappa shape index (κ3) is 6.03. The van der Waals surface area contributed by atoms with E-state index in [1.807, 2.05) is 0 Å². The molecule has 9 unspecified atom stereocenters. The average Bonchev–Trinajstić information content (AvgIpc) is 3.24. The lowest BCUT2D eigenvalue weighted by Gasteiger charge is -2.44. The van der Waals surface area contributed by atoms with Crippen LogP contribution in [0.2, 0.25) is 0 Å². The van der Waals surface area contributed by atoms with Gasteiger partial charge in [-0.3, -0.25) is 0 Å². The number of aliphatic hydroxyl groups is 4. The molecule has 2 heterocycles. The number of aliphatic hydroxyl groups excluding tert-OH is 3. The van der Waals surface area contributed by atoms with E-state index in [9.17, 15) is 40.2 Å². The highest BCUT2D eigenvalue weighted by molar-refractivity contribution is 5.89. The Hall–Kier alpha value is -3.20. The predicted octanol–water partition coefficient (Wildman–Crippen LogP) is -0.331. The lowest BCUT2D eigenvalue weighted by molar-refractivity contribution is -0.346. The van der Waals surface area contributed by atoms with Crippen LogP contribution in [0.3, 0.4) is 0 Å². The molecule has 0 spiro atoms. The summed E-state index contributed by atoms with van der Waals surface area (Å²) >= 11 is 0. The van der Waals surface area contributed by atoms with Crippen LogP contribution in [0.4, 0.5) is 0 Å². The molecule has 13 nitrogen and oxygen atoms in total. The molecule has 0 radical (unpaired) electrons. The molecule has 1 saturated heterocycles. The fraction of sp³-hybridized carbons (Fsp3) is 0.538. The second-order valence-corrected chi connectivity index (χ2v) is 9.96. The molecule has 9 atom stereocenters. The number of methoxy groups -OCH3 is 1. The van der Waals surface area contributed by atoms with Crippen molar-refractivity contribution in [3.8, 4) is 11.5 Å². The Kier molecular flexibility index (Phi) is 8.49. The minimum atomic E-state index is -1.73. The van der Waals surface area contributed by atoms with Crippen molar-refractivity contribution in [3.63, 3.8) is 0 Å². The van der Waals surface area contributed by atoms with Crippen molar-refractivity contribution >= 4 is 18.0 Å². The van der Waals surface area contributed by atoms with Gasteiger partial charge >= 0.3 is 11.9 Å². The number of carbonyl (C=O) groups is 2. The second-order valence-electron chi connectivity index (χ2n) is 9.96. The molecule has 2 fully saturated rings. The van der Waals surface area contributed by atoms with E-state index in [2.05, 4.69) is 0 Å². The van der Waals surface area contributed by atoms with Crippen molar-refractivity contribution < 1.29 is 63.9 Å². The molecular formula is C26H32O13. The first kappa shape index (κ1) is 28.8. The topological polar surface area (TPSA) is 202 Å². The molecule has 4 rings (SSSR count). The average molecular weight is 553 g/mol. The van der Waals surface area contributed by atoms with Crippen LogP contribution in [0.1, 0.15) is 25.3 Å². The first-order valence-corrected chi connectivity index (χ1v) is 12.3. The maximum atomic E-state index is 12.2. The first-order chi connectivity index (χ1) is 18.4. The number of aromatic hydroxyl groups is 2. The summed E-state index contributed by atoms with van der Waals surface area (Å²) in [5.74, 6) is -3.32. The van der Waals surface area contributed by atoms with Gasteiger partial charge in [0, 0.05) is 12.0 Å². The number of phenolic OH excluding ortho intramolecular Hbond substituents is 2. The highest BCUT2D eigenvalue weighted by Gasteiger charge is 2.56. The van der Waals surface area contributed by atoms with Gasteiger partial charge < -0.3 is 54.3 Å². The van der Waals surface area contributed by atoms with Crippen LogP contribution in [0.5, 0.6) is 11.5 Å². The van der Waals surface area contributed by atoms with Crippen molar-refractivity contribution in [2.75, 3.05) is 13.7 Å². The molecule has 1 aromatic carbocycles. The molecule has 0 amide bonds. The van der Waals surface area contributed by atoms with Crippen LogP contribution in [-0.4, -0.2) is 98.9 Å². The lowest BCUT2D eigenvalue weighted by Crippen LogP contribution is -2.61. The van der Waals surface area contributed by atoms with Crippen molar-refractivity contribution in [2.24, 2.45) is 11.8 Å². The van der Waals surface area contributed by atoms with Crippen molar-refractivity contribution in [1.82, 2.24) is 0 Å². The maximum absolute atomic E-state index is 12.2. The quantitative estimate of drug-likeness (QED) is 0.146. The van der Waals surface area contributed by atoms with Crippen LogP contribution >= 0.6 is 0 Å². The van der Waals surface area contributed by atoms with E-state index in [0.717, 1.165) is 6.08 Å². The van der Waals surface area contributed by atoms with E-state index in [0.29, 0.717) is 18.4 Å². The molecule has 1 saturated carbocycles. The third-order valence-corrected chi connectivity index (χ3v) is 7.29. The summed E-state index contributed by atoms with van der Waals surface area (Å²) in [5.41, 5.74) is -0.654. The maximum Gasteiger partial charge on any atom is 0.337 e. The number of carbonyl (C=O) groups excluding carboxylic acids is 2. The first-order valence-electron chi connectivity index (χ1n) is 12.3. The number of esters is 2. The van der Waals surface area contributed by atoms with Crippen molar-refractivity contribution in [3.05, 3.63) is 41.7 Å². The third-order valence-electron chi connectivity index (χ3n) is 7.29. The highest BCUT2D eigenvalue weighted by Crippen LogP contribution is 2.49. The fourth-order valence-electron chi connectivity index (χ4n) is 5.13. The van der Waals surface area contributed by atoms with Gasteiger partial charge in [0.25, 0.3) is 0 Å². The van der Waals surface area contributed by atoms with E-state index in [1.54, 1.807) is 6.92 Å². The zero-order chi connectivity index (χ0) is 28.5. The van der Waals surface area contributed by atoms with Crippen LogP contribution in [-0.2, 0) is 33.3 Å². The Morgan fingerprint density at radius 3 is 2.54 bits per heavy atom. The minimum Gasteiger partial charge on any atom is -0.504 e. The minimum absolute atomic E-state index is 0.237. The standard InChI is InChI=1S/C26H32O13/c1-26(34)8-7-13-14(23(33)35-2)10-37-24(19(13)26)39-25-22(32)21(31)20(30)17(38-25)11-36-18(29)6-4-12-3-5-15(27)16(28)9-12/h3-6,9-10,13,17,19-22,24-25,27-28,30-32,34H,7-8,11H2,1-2H3. The number of phenols is 2. The number of benzene rings is 1. The molecular weight excluding hydrogens is 520 g/mol. The largest absolute Gasteiger partial charge is 0.504 e. The SMILES string of the molecule is COC(=O)C1=COC(OC2OC(COC(=O)C=Cc3ccc(O)c(O)c3)C(O)C(O)C2O)C2C1CCC2(C)O. The molecule has 1 aromatic rings. The Bertz CT molecular complexity index is 1130. The predicted molar refractivity (Wildman–Crippen MR) is 129 cm³/mol. The van der Waals surface area contributed by atoms with Gasteiger partial charge in [0.1, 0.15) is 31.0 Å². The van der Waals surface area contributed by atoms with Gasteiger partial charge in [-0.1, -0.05) is 6.07 Å². The Morgan fingerprint density at radius 2 is 1.85 bits per heavy atom. The van der Waals surface area contributed by atoms with Crippen LogP contribution in [0.25, 0.3) is 6.08 Å². The van der Waals surface area contributed by atoms with Gasteiger partial charge in [0.15, 0.2) is 17.8 Å². The summed E-state index contributed by atoms with van der Waals surface area (Å²) < 4.78 is 26.9. The second kappa shape index (κ2) is 11.5. The van der Waals surface area contributed by atoms with Crippen LogP contribution in [0.15, 0.2) is 36.1 Å². The zero-order valence-corrected chi connectivity index (χ0v) is 21.2. The molecule has 6 N–H and O–H groups in total. The highest BCUT2D eigenvalue weighted by atomic mass is 16.8. The molecule has 13 heteroatoms. The molecule has 3 aliphatic rings. The van der Waals surface area contributed by atoms with Crippen molar-refractivity contribution in [1.29, 1.82) is 0 Å². The Morgan fingerprint density at radius 1 is 1.10 bits per heavy atom. The summed E-state index contributed by atoms with van der Waals surface area (Å²) in [5, 5.41) is 61.1. The summed E-state index contributed by atoms with van der Waals surface area (Å²) in [6.45, 7) is 1.06. The summed E-state index contributed by atoms with van der Waals surface area (Å²) in [6.07, 6.45) is -4.76. The number of rotatable bonds is 7. The van der Waals surface area contributed by atoms with E-state index in [-0.39, 0.29) is 17.1 Å². The number of hydrogen-bond acceptors (Lipinski definition) is 13. The van der Waals surface area contributed by atoms with Gasteiger partial charge in [0.05, 0.1) is 30.5 Å². The lowest BCUT2D eigenvalue weighted by atomic mass is 9.81. The monoisotopic (exact) mass is 552 g/mol. The van der Waals surface area contributed by atoms with E-state index in [4.69, 9.17) is 23.7 Å². The molecule has 2 aliphatic heterocycles. The van der Waals surface area contributed by atoms with Crippen LogP contribution in [0, 0.1) is 11.8 Å². The fourth-order valence-corrected chi connectivity index (χ4v) is 5.13. The van der Waals surface area contributed by atoms with E-state index < -0.39 is 73.0 Å². The van der Waals surface area contributed by atoms with E-state index in [1.165, 1.54) is 37.6 Å². The Balaban J connectivity index is 1.41. The molecule has 0 bridgehead atoms. The number of hydrogen-bond donors (Lipinski definition) is 6. The van der Waals surface area contributed by atoms with Gasteiger partial charge in [-0.05, 0) is 43.5 Å². The Labute approximate surface area is 223 Å². The molecule has 39 heavy (non-hydrogen) atoms. The van der Waals surface area contributed by atoms with Crippen LogP contribution < -0.4 is 0 Å².